The van der Waals surface area contributed by atoms with Gasteiger partial charge in [-0.1, -0.05) is 24.6 Å². The molecule has 3 fully saturated rings. The number of imide groups is 2. The summed E-state index contributed by atoms with van der Waals surface area (Å²) in [5.41, 5.74) is 2.32. The second kappa shape index (κ2) is 31.0. The van der Waals surface area contributed by atoms with Crippen molar-refractivity contribution in [2.45, 2.75) is 120 Å². The molecule has 4 atom stereocenters. The first kappa shape index (κ1) is 61.4. The Labute approximate surface area is 434 Å². The van der Waals surface area contributed by atoms with E-state index in [1.165, 1.54) is 90.5 Å². The molecule has 0 aromatic heterocycles. The summed E-state index contributed by atoms with van der Waals surface area (Å²) in [6.45, 7) is 16.0. The van der Waals surface area contributed by atoms with Gasteiger partial charge in [-0.15, -0.1) is 0 Å². The minimum atomic E-state index is -0.374. The standard InChI is InChI=1S/C17H17NO4.C13H22N2O2.C12H17N3O4.C12H22N2O2/c1-11(19)7-13-3-4-14(15(9-13)8-12(2)20)10-18-16(21)5-6-17(18)22;1-8(16)14-6-11-3-10-4-12(13(11)5-10)7-15-9(2)17;1-8(16)13-5-10(6-14-9(2)17)7-15-11(18)3-4-12(15)19;1-9(15)13-7-11-4-3-5-12(6-11)8-14-10(2)16/h3-6,9H,7-8,10H2,1-2H3;10-13H,3-7H2,1-2H3,(H,14,16)(H,15,17);3-4,10H,5-7H2,1-2H3,(H,13,16)(H,14,17);11-12H,3-8H2,1-2H3,(H,13,15)(H,14,16). The lowest BCUT2D eigenvalue weighted by molar-refractivity contribution is -0.139. The highest BCUT2D eigenvalue weighted by Gasteiger charge is 2.45. The van der Waals surface area contributed by atoms with Crippen LogP contribution in [-0.2, 0) is 76.9 Å². The molecular formula is C54H78N8O12. The van der Waals surface area contributed by atoms with Crippen LogP contribution in [0.25, 0.3) is 0 Å². The molecular weight excluding hydrogens is 953 g/mol. The van der Waals surface area contributed by atoms with Gasteiger partial charge in [-0.05, 0) is 105 Å². The molecule has 4 unspecified atom stereocenters. The van der Waals surface area contributed by atoms with Crippen molar-refractivity contribution in [3.05, 3.63) is 59.2 Å². The molecule has 0 saturated heterocycles. The molecule has 3 aliphatic carbocycles. The van der Waals surface area contributed by atoms with Crippen LogP contribution >= 0.6 is 0 Å². The maximum atomic E-state index is 11.6. The van der Waals surface area contributed by atoms with Crippen molar-refractivity contribution < 1.29 is 57.5 Å². The van der Waals surface area contributed by atoms with Gasteiger partial charge < -0.3 is 31.9 Å². The maximum Gasteiger partial charge on any atom is 0.253 e. The fourth-order valence-electron chi connectivity index (χ4n) is 10.1. The molecule has 2 heterocycles. The van der Waals surface area contributed by atoms with Crippen LogP contribution < -0.4 is 31.9 Å². The van der Waals surface area contributed by atoms with Gasteiger partial charge in [0.2, 0.25) is 35.4 Å². The first-order chi connectivity index (χ1) is 34.9. The first-order valence-electron chi connectivity index (χ1n) is 25.5. The number of fused-ring (bicyclic) bond motifs is 2. The molecule has 1 aromatic carbocycles. The molecule has 3 saturated carbocycles. The van der Waals surface area contributed by atoms with E-state index in [4.69, 9.17) is 0 Å². The van der Waals surface area contributed by atoms with E-state index < -0.39 is 0 Å². The van der Waals surface area contributed by atoms with Crippen molar-refractivity contribution >= 4 is 70.6 Å². The molecule has 0 spiro atoms. The zero-order valence-electron chi connectivity index (χ0n) is 44.4. The molecule has 1 aromatic rings. The molecule has 74 heavy (non-hydrogen) atoms. The van der Waals surface area contributed by atoms with E-state index in [1.54, 1.807) is 45.9 Å². The first-order valence-corrected chi connectivity index (χ1v) is 25.5. The molecule has 2 bridgehead atoms. The van der Waals surface area contributed by atoms with Gasteiger partial charge in [-0.25, -0.2) is 0 Å². The Hall–Kier alpha value is -6.86. The number of rotatable bonds is 20. The number of carbonyl (C=O) groups excluding carboxylic acids is 12. The van der Waals surface area contributed by atoms with Crippen LogP contribution in [-0.4, -0.2) is 126 Å². The smallest absolute Gasteiger partial charge is 0.253 e. The van der Waals surface area contributed by atoms with Gasteiger partial charge in [0.1, 0.15) is 11.6 Å². The Kier molecular flexibility index (Phi) is 25.7. The van der Waals surface area contributed by atoms with E-state index in [-0.39, 0.29) is 109 Å². The van der Waals surface area contributed by atoms with Crippen molar-refractivity contribution in [2.75, 3.05) is 45.8 Å². The van der Waals surface area contributed by atoms with Crippen molar-refractivity contribution in [3.8, 4) is 0 Å². The third-order valence-corrected chi connectivity index (χ3v) is 13.5. The highest BCUT2D eigenvalue weighted by molar-refractivity contribution is 6.13. The van der Waals surface area contributed by atoms with Crippen molar-refractivity contribution in [1.29, 1.82) is 0 Å². The molecule has 20 heteroatoms. The van der Waals surface area contributed by atoms with Crippen LogP contribution in [0.4, 0.5) is 0 Å². The van der Waals surface area contributed by atoms with Crippen molar-refractivity contribution in [3.63, 3.8) is 0 Å². The lowest BCUT2D eigenvalue weighted by Crippen LogP contribution is -2.43. The summed E-state index contributed by atoms with van der Waals surface area (Å²) in [7, 11) is 0. The summed E-state index contributed by atoms with van der Waals surface area (Å²) in [4.78, 5) is 136. The van der Waals surface area contributed by atoms with Gasteiger partial charge >= 0.3 is 0 Å². The van der Waals surface area contributed by atoms with Gasteiger partial charge in [-0.2, -0.15) is 0 Å². The summed E-state index contributed by atoms with van der Waals surface area (Å²) in [5, 5.41) is 16.8. The third-order valence-electron chi connectivity index (χ3n) is 13.5. The van der Waals surface area contributed by atoms with Crippen LogP contribution in [0, 0.1) is 41.4 Å². The number of hydrogen-bond acceptors (Lipinski definition) is 12. The van der Waals surface area contributed by atoms with E-state index in [0.29, 0.717) is 36.0 Å². The molecule has 20 nitrogen and oxygen atoms in total. The maximum absolute atomic E-state index is 11.6. The molecule has 6 N–H and O–H groups in total. The van der Waals surface area contributed by atoms with Crippen LogP contribution in [0.2, 0.25) is 0 Å². The minimum absolute atomic E-state index is 0.0153. The van der Waals surface area contributed by atoms with Gasteiger partial charge in [-0.3, -0.25) is 67.3 Å². The monoisotopic (exact) mass is 1030 g/mol. The number of hydrogen-bond donors (Lipinski definition) is 6. The Balaban J connectivity index is 0.000000262. The van der Waals surface area contributed by atoms with E-state index in [0.717, 1.165) is 65.0 Å². The van der Waals surface area contributed by atoms with E-state index in [2.05, 4.69) is 31.9 Å². The molecule has 6 rings (SSSR count). The summed E-state index contributed by atoms with van der Waals surface area (Å²) in [6, 6.07) is 5.37. The Morgan fingerprint density at radius 2 is 0.919 bits per heavy atom. The number of ketones is 2. The quantitative estimate of drug-likeness (QED) is 0.103. The number of nitrogens with zero attached hydrogens (tertiary/aromatic N) is 2. The zero-order chi connectivity index (χ0) is 55.1. The highest BCUT2D eigenvalue weighted by atomic mass is 16.2. The minimum Gasteiger partial charge on any atom is -0.356 e. The fraction of sp³-hybridized carbons (Fsp3) is 0.593. The number of Topliss-reactive ketones (excluding diaryl/α,β-unsaturated/α-hetero) is 2. The van der Waals surface area contributed by atoms with E-state index in [9.17, 15) is 57.5 Å². The summed E-state index contributed by atoms with van der Waals surface area (Å²) in [6.07, 6.45) is 13.9. The van der Waals surface area contributed by atoms with Crippen LogP contribution in [0.5, 0.6) is 0 Å². The molecule has 0 radical (unpaired) electrons. The predicted molar refractivity (Wildman–Crippen MR) is 275 cm³/mol. The topological polar surface area (TPSA) is 283 Å². The van der Waals surface area contributed by atoms with Crippen LogP contribution in [0.15, 0.2) is 42.5 Å². The fourth-order valence-corrected chi connectivity index (χ4v) is 10.1. The number of nitrogens with one attached hydrogen (secondary N) is 6. The molecule has 2 aliphatic heterocycles. The normalized spacial score (nSPS) is 21.1. The summed E-state index contributed by atoms with van der Waals surface area (Å²) in [5.74, 6) is 2.06. The second-order valence-corrected chi connectivity index (χ2v) is 20.2. The van der Waals surface area contributed by atoms with E-state index in [1.807, 2.05) is 0 Å². The SMILES string of the molecule is CC(=O)Cc1ccc(CN2C(=O)C=CC2=O)c(CC(C)=O)c1.CC(=O)NCC(CNC(C)=O)CN1C(=O)C=CC1=O.CC(=O)NCC1CC2CC(CNC(C)=O)C1C2.CC(=O)NCC1CCCC(CNC(C)=O)C1. The van der Waals surface area contributed by atoms with Gasteiger partial charge in [0.05, 0.1) is 6.54 Å². The third kappa shape index (κ3) is 22.9. The lowest BCUT2D eigenvalue weighted by atomic mass is 9.80. The largest absolute Gasteiger partial charge is 0.356 e. The Bertz CT molecular complexity index is 2190. The molecule has 5 aliphatic rings. The zero-order valence-corrected chi connectivity index (χ0v) is 44.4. The number of benzene rings is 1. The summed E-state index contributed by atoms with van der Waals surface area (Å²) >= 11 is 0. The molecule has 10 amide bonds. The average Bonchev–Trinajstić information content (AvgIpc) is 4.09. The Morgan fingerprint density at radius 3 is 1.32 bits per heavy atom. The van der Waals surface area contributed by atoms with Crippen molar-refractivity contribution in [1.82, 2.24) is 41.7 Å². The Morgan fingerprint density at radius 1 is 0.500 bits per heavy atom. The number of amides is 10. The van der Waals surface area contributed by atoms with Gasteiger partial charge in [0.15, 0.2) is 0 Å². The van der Waals surface area contributed by atoms with Crippen LogP contribution in [0.3, 0.4) is 0 Å². The van der Waals surface area contributed by atoms with Gasteiger partial charge in [0, 0.05) is 130 Å². The van der Waals surface area contributed by atoms with E-state index >= 15 is 0 Å². The molecule has 406 valence electrons. The lowest BCUT2D eigenvalue weighted by Gasteiger charge is -2.29. The van der Waals surface area contributed by atoms with Gasteiger partial charge in [0.25, 0.3) is 23.6 Å². The predicted octanol–water partition coefficient (Wildman–Crippen LogP) is 2.16. The van der Waals surface area contributed by atoms with Crippen LogP contribution in [0.1, 0.15) is 117 Å². The highest BCUT2D eigenvalue weighted by Crippen LogP contribution is 2.51. The number of carbonyl (C=O) groups is 12. The van der Waals surface area contributed by atoms with Crippen molar-refractivity contribution in [2.24, 2.45) is 41.4 Å². The average molecular weight is 1030 g/mol. The summed E-state index contributed by atoms with van der Waals surface area (Å²) < 4.78 is 0. The second-order valence-electron chi connectivity index (χ2n) is 20.2.